The van der Waals surface area contributed by atoms with Gasteiger partial charge in [-0.15, -0.1) is 0 Å². The highest BCUT2D eigenvalue weighted by molar-refractivity contribution is 6.31. The second kappa shape index (κ2) is 18.4. The summed E-state index contributed by atoms with van der Waals surface area (Å²) >= 11 is 12.0. The summed E-state index contributed by atoms with van der Waals surface area (Å²) in [5, 5.41) is 32.8. The number of halogens is 10. The van der Waals surface area contributed by atoms with Crippen molar-refractivity contribution in [3.05, 3.63) is 138 Å². The van der Waals surface area contributed by atoms with Crippen molar-refractivity contribution in [1.29, 1.82) is 0 Å². The Morgan fingerprint density at radius 1 is 0.621 bits per heavy atom. The number of alkyl halides is 6. The fourth-order valence-electron chi connectivity index (χ4n) is 7.35. The number of nitrogens with zero attached hydrogens (tertiary/aromatic N) is 2. The number of carbonyl (C=O) groups is 2. The van der Waals surface area contributed by atoms with E-state index in [-0.39, 0.29) is 65.5 Å². The van der Waals surface area contributed by atoms with E-state index in [1.807, 2.05) is 5.32 Å². The summed E-state index contributed by atoms with van der Waals surface area (Å²) in [4.78, 5) is 49.0. The molecule has 0 aliphatic rings. The first-order valence-electron chi connectivity index (χ1n) is 19.2. The number of aromatic nitrogens is 2. The fourth-order valence-corrected chi connectivity index (χ4v) is 8.19. The molecule has 2 atom stereocenters. The van der Waals surface area contributed by atoms with Gasteiger partial charge in [0.05, 0.1) is 22.2 Å². The van der Waals surface area contributed by atoms with Gasteiger partial charge in [0.25, 0.3) is 11.8 Å². The highest BCUT2D eigenvalue weighted by atomic mass is 35.5. The van der Waals surface area contributed by atoms with Crippen LogP contribution in [0, 0.1) is 25.5 Å². The third-order valence-electron chi connectivity index (χ3n) is 10.7. The third-order valence-corrected chi connectivity index (χ3v) is 11.3. The summed E-state index contributed by atoms with van der Waals surface area (Å²) in [6.07, 6.45) is -13.1. The van der Waals surface area contributed by atoms with E-state index in [9.17, 15) is 64.5 Å². The molecule has 66 heavy (non-hydrogen) atoms. The largest absolute Gasteiger partial charge is 0.426 e. The predicted octanol–water partition coefficient (Wildman–Crippen LogP) is 9.78. The number of nitrogens with one attached hydrogen (secondary N) is 2. The predicted molar refractivity (Wildman–Crippen MR) is 227 cm³/mol. The van der Waals surface area contributed by atoms with Gasteiger partial charge in [-0.2, -0.15) is 26.3 Å². The lowest BCUT2D eigenvalue weighted by molar-refractivity contribution is -0.255. The standard InChI is InChI=1S/2C22H19ClF4N2O4/c1-11-15-9-13(5-6-14(15)18(30)33-29-11)28-19(31)21(32,22(25,26)27)10-20(2,3)16-7-4-12(24)8-17(16)23;1-11-14-9-12(7-8-13(14)18(30)33-29-11)28-19(31)21(32,22(25,26)27)10-20(2,3)17-15(23)5-4-6-16(17)24/h2*4-9,32H,10H2,1-3H3,(H,28,31). The van der Waals surface area contributed by atoms with Crippen LogP contribution in [0.1, 0.15) is 63.1 Å². The van der Waals surface area contributed by atoms with Crippen LogP contribution in [0.5, 0.6) is 0 Å². The lowest BCUT2D eigenvalue weighted by atomic mass is 9.74. The molecule has 2 unspecified atom stereocenters. The minimum absolute atomic E-state index is 0.0942. The van der Waals surface area contributed by atoms with Crippen molar-refractivity contribution in [1.82, 2.24) is 10.3 Å². The van der Waals surface area contributed by atoms with Crippen molar-refractivity contribution in [2.24, 2.45) is 0 Å². The lowest BCUT2D eigenvalue weighted by Crippen LogP contribution is -2.57. The lowest BCUT2D eigenvalue weighted by Gasteiger charge is -2.37. The summed E-state index contributed by atoms with van der Waals surface area (Å²) in [5.74, 6) is -5.05. The Hall–Kier alpha value is -5.96. The number of fused-ring (bicyclic) bond motifs is 2. The van der Waals surface area contributed by atoms with E-state index in [2.05, 4.69) is 24.7 Å². The third kappa shape index (κ3) is 10.4. The zero-order valence-electron chi connectivity index (χ0n) is 35.4. The van der Waals surface area contributed by atoms with Crippen LogP contribution in [-0.4, -0.2) is 55.9 Å². The van der Waals surface area contributed by atoms with Crippen molar-refractivity contribution in [3.8, 4) is 0 Å². The van der Waals surface area contributed by atoms with Crippen molar-refractivity contribution in [2.45, 2.75) is 88.8 Å². The summed E-state index contributed by atoms with van der Waals surface area (Å²) in [6.45, 7) is 8.19. The van der Waals surface area contributed by atoms with Crippen LogP contribution in [0.25, 0.3) is 21.5 Å². The molecule has 4 N–H and O–H groups in total. The minimum Gasteiger partial charge on any atom is -0.373 e. The molecule has 0 spiro atoms. The van der Waals surface area contributed by atoms with Gasteiger partial charge in [0.1, 0.15) is 11.6 Å². The summed E-state index contributed by atoms with van der Waals surface area (Å²) in [6, 6.07) is 14.2. The van der Waals surface area contributed by atoms with Crippen LogP contribution in [0.2, 0.25) is 10.0 Å². The molecule has 0 aliphatic carbocycles. The van der Waals surface area contributed by atoms with Crippen LogP contribution in [0.15, 0.2) is 91.4 Å². The normalized spacial score (nSPS) is 14.2. The maximum Gasteiger partial charge on any atom is 0.426 e. The van der Waals surface area contributed by atoms with Crippen LogP contribution >= 0.6 is 23.2 Å². The molecule has 2 aromatic heterocycles. The Balaban J connectivity index is 0.000000247. The zero-order chi connectivity index (χ0) is 49.5. The molecule has 352 valence electrons. The van der Waals surface area contributed by atoms with E-state index in [4.69, 9.17) is 23.2 Å². The van der Waals surface area contributed by atoms with E-state index in [1.54, 1.807) is 0 Å². The number of amides is 2. The second-order valence-electron chi connectivity index (χ2n) is 16.6. The van der Waals surface area contributed by atoms with E-state index in [0.29, 0.717) is 0 Å². The first kappa shape index (κ1) is 51.0. The van der Waals surface area contributed by atoms with Crippen LogP contribution in [0.3, 0.4) is 0 Å². The maximum atomic E-state index is 14.4. The SMILES string of the molecule is Cc1noc(=O)c2ccc(NC(=O)C(O)(CC(C)(C)c3c(F)cccc3Cl)C(F)(F)F)cc12.Cc1noc(=O)c2ccc(NC(=O)C(O)(CC(C)(C)c3ccc(F)cc3Cl)C(F)(F)F)cc12. The minimum atomic E-state index is -5.40. The Morgan fingerprint density at radius 3 is 1.47 bits per heavy atom. The Morgan fingerprint density at radius 2 is 1.06 bits per heavy atom. The zero-order valence-corrected chi connectivity index (χ0v) is 36.9. The maximum absolute atomic E-state index is 14.4. The second-order valence-corrected chi connectivity index (χ2v) is 17.4. The molecule has 0 aliphatic heterocycles. The number of anilines is 2. The molecule has 4 aromatic carbocycles. The van der Waals surface area contributed by atoms with Crippen LogP contribution in [-0.2, 0) is 20.4 Å². The van der Waals surface area contributed by atoms with Crippen molar-refractivity contribution in [2.75, 3.05) is 10.6 Å². The molecule has 0 saturated carbocycles. The smallest absolute Gasteiger partial charge is 0.373 e. The van der Waals surface area contributed by atoms with Gasteiger partial charge in [0.15, 0.2) is 0 Å². The van der Waals surface area contributed by atoms with Gasteiger partial charge in [-0.25, -0.2) is 18.4 Å². The molecule has 0 bridgehead atoms. The number of aliphatic hydroxyl groups is 2. The van der Waals surface area contributed by atoms with Crippen molar-refractivity contribution < 1.29 is 64.0 Å². The van der Waals surface area contributed by atoms with Crippen LogP contribution in [0.4, 0.5) is 46.5 Å². The molecule has 0 radical (unpaired) electrons. The fraction of sp³-hybridized carbons (Fsp3) is 0.318. The molecule has 2 heterocycles. The highest BCUT2D eigenvalue weighted by Gasteiger charge is 2.62. The number of hydrogen-bond acceptors (Lipinski definition) is 10. The number of aryl methyl sites for hydroxylation is 2. The quantitative estimate of drug-likeness (QED) is 0.0964. The van der Waals surface area contributed by atoms with Gasteiger partial charge < -0.3 is 29.9 Å². The van der Waals surface area contributed by atoms with E-state index in [1.165, 1.54) is 96.1 Å². The number of rotatable bonds is 10. The highest BCUT2D eigenvalue weighted by Crippen LogP contribution is 2.46. The van der Waals surface area contributed by atoms with Gasteiger partial charge in [-0.3, -0.25) is 9.59 Å². The van der Waals surface area contributed by atoms with Gasteiger partial charge in [0.2, 0.25) is 11.2 Å². The first-order chi connectivity index (χ1) is 30.3. The molecule has 12 nitrogen and oxygen atoms in total. The van der Waals surface area contributed by atoms with Gasteiger partial charge in [0, 0.05) is 50.6 Å². The molecule has 6 aromatic rings. The topological polar surface area (TPSA) is 185 Å². The molecule has 6 rings (SSSR count). The van der Waals surface area contributed by atoms with Gasteiger partial charge in [-0.05, 0) is 90.9 Å². The van der Waals surface area contributed by atoms with Crippen molar-refractivity contribution >= 4 is 67.9 Å². The molecule has 0 fully saturated rings. The number of carbonyl (C=O) groups excluding carboxylic acids is 2. The Labute approximate surface area is 378 Å². The molecule has 22 heteroatoms. The molecular weight excluding hydrogens is 935 g/mol. The van der Waals surface area contributed by atoms with Crippen LogP contribution < -0.4 is 21.9 Å². The average molecular weight is 974 g/mol. The van der Waals surface area contributed by atoms with E-state index in [0.717, 1.165) is 18.2 Å². The Bertz CT molecular complexity index is 2960. The molecule has 0 saturated heterocycles. The molecule has 2 amide bonds. The molecular formula is C44H38Cl2F8N4O8. The summed E-state index contributed by atoms with van der Waals surface area (Å²) in [5.41, 5.74) is -12.2. The van der Waals surface area contributed by atoms with E-state index < -0.39 is 81.9 Å². The van der Waals surface area contributed by atoms with Gasteiger partial charge in [-0.1, -0.05) is 73.3 Å². The summed E-state index contributed by atoms with van der Waals surface area (Å²) < 4.78 is 121. The average Bonchev–Trinajstić information content (AvgIpc) is 3.19. The Kier molecular flexibility index (Phi) is 14.2. The number of hydrogen-bond donors (Lipinski definition) is 4. The summed E-state index contributed by atoms with van der Waals surface area (Å²) in [7, 11) is 0. The van der Waals surface area contributed by atoms with Crippen molar-refractivity contribution in [3.63, 3.8) is 0 Å². The monoisotopic (exact) mass is 972 g/mol. The first-order valence-corrected chi connectivity index (χ1v) is 20.0. The number of benzene rings is 4. The van der Waals surface area contributed by atoms with E-state index >= 15 is 0 Å². The van der Waals surface area contributed by atoms with Gasteiger partial charge >= 0.3 is 23.6 Å².